The highest BCUT2D eigenvalue weighted by Gasteiger charge is 2.45. The second kappa shape index (κ2) is 8.61. The third-order valence-corrected chi connectivity index (χ3v) is 5.72. The van der Waals surface area contributed by atoms with Crippen LogP contribution in [0.15, 0.2) is 54.9 Å². The second-order valence-corrected chi connectivity index (χ2v) is 7.69. The van der Waals surface area contributed by atoms with Gasteiger partial charge in [-0.3, -0.25) is 9.78 Å². The number of amides is 3. The van der Waals surface area contributed by atoms with Crippen LogP contribution < -0.4 is 10.6 Å². The largest absolute Gasteiger partial charge is 0.362 e. The molecule has 29 heavy (non-hydrogen) atoms. The number of likely N-dealkylation sites (tertiary alicyclic amines) is 1. The van der Waals surface area contributed by atoms with Crippen LogP contribution in [0.25, 0.3) is 0 Å². The summed E-state index contributed by atoms with van der Waals surface area (Å²) in [7, 11) is 0. The van der Waals surface area contributed by atoms with E-state index >= 15 is 0 Å². The monoisotopic (exact) mass is 394 g/mol. The van der Waals surface area contributed by atoms with Gasteiger partial charge < -0.3 is 20.3 Å². The van der Waals surface area contributed by atoms with E-state index in [2.05, 4.69) is 15.6 Å². The van der Waals surface area contributed by atoms with E-state index in [1.807, 2.05) is 41.3 Å². The van der Waals surface area contributed by atoms with E-state index in [4.69, 9.17) is 4.74 Å². The zero-order chi connectivity index (χ0) is 20.1. The van der Waals surface area contributed by atoms with Gasteiger partial charge in [0.1, 0.15) is 6.10 Å². The maximum absolute atomic E-state index is 12.5. The molecular formula is C22H26N4O3. The molecular weight excluding hydrogens is 368 g/mol. The number of benzene rings is 1. The van der Waals surface area contributed by atoms with Crippen LogP contribution in [0.3, 0.4) is 0 Å². The molecule has 1 unspecified atom stereocenters. The number of nitrogens with zero attached hydrogens (tertiary/aromatic N) is 2. The minimum Gasteiger partial charge on any atom is -0.362 e. The number of nitrogens with one attached hydrogen (secondary N) is 2. The van der Waals surface area contributed by atoms with Gasteiger partial charge in [0.2, 0.25) is 0 Å². The van der Waals surface area contributed by atoms with E-state index in [1.54, 1.807) is 18.5 Å². The molecule has 2 N–H and O–H groups in total. The van der Waals surface area contributed by atoms with Crippen LogP contribution in [0.1, 0.15) is 31.2 Å². The van der Waals surface area contributed by atoms with Crippen LogP contribution >= 0.6 is 0 Å². The van der Waals surface area contributed by atoms with Gasteiger partial charge in [0.25, 0.3) is 5.91 Å². The van der Waals surface area contributed by atoms with Crippen molar-refractivity contribution >= 4 is 17.6 Å². The van der Waals surface area contributed by atoms with E-state index in [0.29, 0.717) is 31.7 Å². The Bertz CT molecular complexity index is 836. The minimum atomic E-state index is -0.450. The molecule has 152 valence electrons. The summed E-state index contributed by atoms with van der Waals surface area (Å²) in [5.41, 5.74) is 1.45. The van der Waals surface area contributed by atoms with Crippen LogP contribution in [0.2, 0.25) is 0 Å². The summed E-state index contributed by atoms with van der Waals surface area (Å²) in [5, 5.41) is 5.84. The molecule has 7 heteroatoms. The van der Waals surface area contributed by atoms with Crippen molar-refractivity contribution < 1.29 is 14.3 Å². The maximum atomic E-state index is 12.5. The number of aromatic nitrogens is 1. The first-order valence-corrected chi connectivity index (χ1v) is 10.1. The van der Waals surface area contributed by atoms with Crippen molar-refractivity contribution in [2.75, 3.05) is 18.4 Å². The summed E-state index contributed by atoms with van der Waals surface area (Å²) in [4.78, 5) is 30.8. The van der Waals surface area contributed by atoms with Crippen LogP contribution in [0.4, 0.5) is 10.5 Å². The molecule has 2 aliphatic heterocycles. The van der Waals surface area contributed by atoms with Crippen molar-refractivity contribution in [3.8, 4) is 0 Å². The second-order valence-electron chi connectivity index (χ2n) is 7.69. The predicted molar refractivity (Wildman–Crippen MR) is 109 cm³/mol. The average Bonchev–Trinajstić information content (AvgIpc) is 3.18. The van der Waals surface area contributed by atoms with Gasteiger partial charge in [-0.1, -0.05) is 30.3 Å². The molecule has 4 rings (SSSR count). The molecule has 7 nitrogen and oxygen atoms in total. The standard InChI is InChI=1S/C22H26N4O3/c27-20(25-18-7-4-12-23-16-18)19-8-9-22(29-19)10-13-26(14-11-22)21(28)24-15-17-5-2-1-3-6-17/h1-7,12,16,19H,8-11,13-15H2,(H,24,28)(H,25,27). The van der Waals surface area contributed by atoms with Crippen LogP contribution in [-0.4, -0.2) is 46.6 Å². The lowest BCUT2D eigenvalue weighted by Gasteiger charge is -2.39. The Kier molecular flexibility index (Phi) is 5.76. The average molecular weight is 394 g/mol. The Morgan fingerprint density at radius 3 is 2.62 bits per heavy atom. The molecule has 1 spiro atoms. The molecule has 1 aromatic carbocycles. The smallest absolute Gasteiger partial charge is 0.317 e. The molecule has 2 aromatic rings. The maximum Gasteiger partial charge on any atom is 0.317 e. The number of urea groups is 1. The molecule has 1 atom stereocenters. The first-order chi connectivity index (χ1) is 14.1. The van der Waals surface area contributed by atoms with Gasteiger partial charge in [-0.2, -0.15) is 0 Å². The molecule has 3 amide bonds. The molecule has 3 heterocycles. The Hall–Kier alpha value is -2.93. The predicted octanol–water partition coefficient (Wildman–Crippen LogP) is 2.94. The summed E-state index contributed by atoms with van der Waals surface area (Å²) in [6.07, 6.45) is 5.89. The summed E-state index contributed by atoms with van der Waals surface area (Å²) < 4.78 is 6.19. The quantitative estimate of drug-likeness (QED) is 0.835. The normalized spacial score (nSPS) is 20.4. The van der Waals surface area contributed by atoms with Crippen molar-refractivity contribution in [3.05, 3.63) is 60.4 Å². The number of pyridine rings is 1. The van der Waals surface area contributed by atoms with Crippen LogP contribution in [0.5, 0.6) is 0 Å². The van der Waals surface area contributed by atoms with E-state index in [9.17, 15) is 9.59 Å². The zero-order valence-corrected chi connectivity index (χ0v) is 16.3. The third-order valence-electron chi connectivity index (χ3n) is 5.72. The lowest BCUT2D eigenvalue weighted by atomic mass is 9.88. The van der Waals surface area contributed by atoms with Crippen molar-refractivity contribution in [2.45, 2.75) is 43.9 Å². The van der Waals surface area contributed by atoms with Gasteiger partial charge in [0.15, 0.2) is 0 Å². The van der Waals surface area contributed by atoms with E-state index in [1.165, 1.54) is 0 Å². The topological polar surface area (TPSA) is 83.6 Å². The van der Waals surface area contributed by atoms with Gasteiger partial charge >= 0.3 is 6.03 Å². The highest BCUT2D eigenvalue weighted by Crippen LogP contribution is 2.39. The Morgan fingerprint density at radius 1 is 1.10 bits per heavy atom. The summed E-state index contributed by atoms with van der Waals surface area (Å²) in [6.45, 7) is 1.80. The lowest BCUT2D eigenvalue weighted by Crippen LogP contribution is -2.50. The fraction of sp³-hybridized carbons (Fsp3) is 0.409. The number of anilines is 1. The fourth-order valence-corrected chi connectivity index (χ4v) is 4.03. The molecule has 2 saturated heterocycles. The van der Waals surface area contributed by atoms with Gasteiger partial charge in [-0.15, -0.1) is 0 Å². The zero-order valence-electron chi connectivity index (χ0n) is 16.3. The molecule has 2 aliphatic rings. The van der Waals surface area contributed by atoms with Crippen molar-refractivity contribution in [2.24, 2.45) is 0 Å². The molecule has 0 radical (unpaired) electrons. The summed E-state index contributed by atoms with van der Waals surface area (Å²) in [6, 6.07) is 13.4. The Morgan fingerprint density at radius 2 is 1.90 bits per heavy atom. The van der Waals surface area contributed by atoms with Gasteiger partial charge in [-0.05, 0) is 43.4 Å². The number of hydrogen-bond acceptors (Lipinski definition) is 4. The summed E-state index contributed by atoms with van der Waals surface area (Å²) in [5.74, 6) is -0.127. The van der Waals surface area contributed by atoms with Crippen molar-refractivity contribution in [1.82, 2.24) is 15.2 Å². The van der Waals surface area contributed by atoms with Gasteiger partial charge in [-0.25, -0.2) is 4.79 Å². The van der Waals surface area contributed by atoms with E-state index in [-0.39, 0.29) is 17.5 Å². The Labute approximate surface area is 170 Å². The highest BCUT2D eigenvalue weighted by atomic mass is 16.5. The summed E-state index contributed by atoms with van der Waals surface area (Å²) >= 11 is 0. The van der Waals surface area contributed by atoms with Crippen molar-refractivity contribution in [1.29, 1.82) is 0 Å². The molecule has 0 bridgehead atoms. The molecule has 1 aromatic heterocycles. The number of carbonyl (C=O) groups is 2. The third kappa shape index (κ3) is 4.74. The number of ether oxygens (including phenoxy) is 1. The van der Waals surface area contributed by atoms with E-state index < -0.39 is 6.10 Å². The first kappa shape index (κ1) is 19.4. The molecule has 2 fully saturated rings. The minimum absolute atomic E-state index is 0.0485. The Balaban J connectivity index is 1.25. The lowest BCUT2D eigenvalue weighted by molar-refractivity contribution is -0.135. The highest BCUT2D eigenvalue weighted by molar-refractivity contribution is 5.94. The first-order valence-electron chi connectivity index (χ1n) is 10.1. The van der Waals surface area contributed by atoms with Crippen LogP contribution in [0, 0.1) is 0 Å². The van der Waals surface area contributed by atoms with E-state index in [0.717, 1.165) is 24.8 Å². The van der Waals surface area contributed by atoms with Gasteiger partial charge in [0.05, 0.1) is 17.5 Å². The number of rotatable bonds is 4. The SMILES string of the molecule is O=C(Nc1cccnc1)C1CCC2(CCN(C(=O)NCc3ccccc3)CC2)O1. The number of carbonyl (C=O) groups excluding carboxylic acids is 2. The molecule has 0 aliphatic carbocycles. The van der Waals surface area contributed by atoms with Crippen LogP contribution in [-0.2, 0) is 16.1 Å². The van der Waals surface area contributed by atoms with Gasteiger partial charge in [0, 0.05) is 25.8 Å². The molecule has 0 saturated carbocycles. The van der Waals surface area contributed by atoms with Crippen molar-refractivity contribution in [3.63, 3.8) is 0 Å². The fourth-order valence-electron chi connectivity index (χ4n) is 4.03. The number of piperidine rings is 1. The number of hydrogen-bond donors (Lipinski definition) is 2.